The Bertz CT molecular complexity index is 3440. The molecule has 0 unspecified atom stereocenters. The molecule has 4 aromatic heterocycles. The molecule has 0 spiro atoms. The van der Waals surface area contributed by atoms with Crippen molar-refractivity contribution >= 4 is 43.7 Å². The molecule has 7 nitrogen and oxygen atoms in total. The highest BCUT2D eigenvalue weighted by Gasteiger charge is 2.30. The van der Waals surface area contributed by atoms with Gasteiger partial charge in [0.05, 0.1) is 27.8 Å². The molecule has 12 rings (SSSR count). The van der Waals surface area contributed by atoms with E-state index in [1.165, 1.54) is 27.7 Å². The molecule has 0 atom stereocenters. The van der Waals surface area contributed by atoms with Gasteiger partial charge in [0, 0.05) is 73.2 Å². The molecule has 11 aromatic rings. The lowest BCUT2D eigenvalue weighted by atomic mass is 9.91. The number of furan rings is 1. The Labute approximate surface area is 338 Å². The fourth-order valence-electron chi connectivity index (χ4n) is 9.13. The van der Waals surface area contributed by atoms with E-state index in [1.807, 2.05) is 78.9 Å². The summed E-state index contributed by atoms with van der Waals surface area (Å²) in [6.45, 7) is 0. The average molecular weight is 757 g/mol. The van der Waals surface area contributed by atoms with E-state index in [0.29, 0.717) is 23.0 Å². The van der Waals surface area contributed by atoms with E-state index >= 15 is 0 Å². The number of nitriles is 1. The van der Waals surface area contributed by atoms with Gasteiger partial charge in [-0.3, -0.25) is 0 Å². The molecule has 0 amide bonds. The van der Waals surface area contributed by atoms with Gasteiger partial charge in [0.15, 0.2) is 17.5 Å². The van der Waals surface area contributed by atoms with Crippen molar-refractivity contribution in [3.05, 3.63) is 187 Å². The highest BCUT2D eigenvalue weighted by Crippen LogP contribution is 2.48. The lowest BCUT2D eigenvalue weighted by Gasteiger charge is -2.16. The van der Waals surface area contributed by atoms with Crippen LogP contribution < -0.4 is 0 Å². The monoisotopic (exact) mass is 756 g/mol. The quantitative estimate of drug-likeness (QED) is 0.175. The first-order valence-corrected chi connectivity index (χ1v) is 19.8. The van der Waals surface area contributed by atoms with Crippen LogP contribution in [0.3, 0.4) is 0 Å². The molecule has 0 radical (unpaired) electrons. The summed E-state index contributed by atoms with van der Waals surface area (Å²) in [6.07, 6.45) is 1.68. The van der Waals surface area contributed by atoms with Crippen molar-refractivity contribution in [1.29, 1.82) is 5.26 Å². The summed E-state index contributed by atoms with van der Waals surface area (Å²) in [5, 5.41) is 15.3. The Kier molecular flexibility index (Phi) is 7.28. The molecule has 7 heteroatoms. The van der Waals surface area contributed by atoms with Crippen LogP contribution in [0.4, 0.5) is 0 Å². The maximum atomic E-state index is 10.8. The van der Waals surface area contributed by atoms with Gasteiger partial charge in [-0.1, -0.05) is 115 Å². The number of para-hydroxylation sites is 3. The van der Waals surface area contributed by atoms with Crippen LogP contribution in [-0.2, 0) is 12.8 Å². The molecular weight excluding hydrogens is 725 g/mol. The van der Waals surface area contributed by atoms with E-state index in [4.69, 9.17) is 19.4 Å². The van der Waals surface area contributed by atoms with Crippen molar-refractivity contribution in [1.82, 2.24) is 24.1 Å². The van der Waals surface area contributed by atoms with Gasteiger partial charge < -0.3 is 13.6 Å². The SMILES string of the molecule is N#Cc1cc(-c2nc(-c3ccccc3)nc(-c3ccccc3)n2)ccc1-n1c2ccccc2c2cc3c4c(oc3cc21)CCc1c-4c2ccccc2n1-c1ccccc1. The summed E-state index contributed by atoms with van der Waals surface area (Å²) < 4.78 is 11.4. The molecule has 4 heterocycles. The minimum Gasteiger partial charge on any atom is -0.460 e. The van der Waals surface area contributed by atoms with Gasteiger partial charge in [-0.2, -0.15) is 5.26 Å². The van der Waals surface area contributed by atoms with E-state index < -0.39 is 0 Å². The Morgan fingerprint density at radius 1 is 0.475 bits per heavy atom. The third-order valence-electron chi connectivity index (χ3n) is 11.7. The number of rotatable bonds is 5. The van der Waals surface area contributed by atoms with Crippen LogP contribution in [0.5, 0.6) is 0 Å². The zero-order valence-corrected chi connectivity index (χ0v) is 31.7. The van der Waals surface area contributed by atoms with Crippen LogP contribution >= 0.6 is 0 Å². The van der Waals surface area contributed by atoms with Crippen molar-refractivity contribution < 1.29 is 4.42 Å². The van der Waals surface area contributed by atoms with Gasteiger partial charge in [-0.25, -0.2) is 15.0 Å². The summed E-state index contributed by atoms with van der Waals surface area (Å²) >= 11 is 0. The number of fused-ring (bicyclic) bond motifs is 10. The van der Waals surface area contributed by atoms with Gasteiger partial charge in [0.2, 0.25) is 0 Å². The highest BCUT2D eigenvalue weighted by atomic mass is 16.3. The zero-order valence-electron chi connectivity index (χ0n) is 31.7. The molecule has 59 heavy (non-hydrogen) atoms. The van der Waals surface area contributed by atoms with Crippen LogP contribution in [-0.4, -0.2) is 24.1 Å². The van der Waals surface area contributed by atoms with E-state index in [-0.39, 0.29) is 0 Å². The number of hydrogen-bond donors (Lipinski definition) is 0. The first-order valence-electron chi connectivity index (χ1n) is 19.8. The lowest BCUT2D eigenvalue weighted by Crippen LogP contribution is -2.06. The van der Waals surface area contributed by atoms with Crippen molar-refractivity contribution in [2.75, 3.05) is 0 Å². The Morgan fingerprint density at radius 3 is 1.75 bits per heavy atom. The molecule has 0 saturated heterocycles. The van der Waals surface area contributed by atoms with E-state index in [9.17, 15) is 5.26 Å². The van der Waals surface area contributed by atoms with Crippen molar-refractivity contribution in [2.24, 2.45) is 0 Å². The summed E-state index contributed by atoms with van der Waals surface area (Å²) in [6, 6.07) is 60.5. The topological polar surface area (TPSA) is 85.5 Å². The van der Waals surface area contributed by atoms with Crippen molar-refractivity contribution in [3.63, 3.8) is 0 Å². The van der Waals surface area contributed by atoms with Crippen LogP contribution in [0.2, 0.25) is 0 Å². The molecule has 1 aliphatic carbocycles. The van der Waals surface area contributed by atoms with Gasteiger partial charge in [-0.15, -0.1) is 0 Å². The molecule has 0 aliphatic heterocycles. The zero-order chi connectivity index (χ0) is 39.0. The second-order valence-corrected chi connectivity index (χ2v) is 15.0. The fraction of sp³-hybridized carbons (Fsp3) is 0.0385. The van der Waals surface area contributed by atoms with Crippen LogP contribution in [0, 0.1) is 11.3 Å². The first kappa shape index (κ1) is 33.1. The molecule has 0 N–H and O–H groups in total. The van der Waals surface area contributed by atoms with Gasteiger partial charge >= 0.3 is 0 Å². The maximum absolute atomic E-state index is 10.8. The number of aryl methyl sites for hydroxylation is 1. The summed E-state index contributed by atoms with van der Waals surface area (Å²) in [7, 11) is 0. The summed E-state index contributed by atoms with van der Waals surface area (Å²) in [4.78, 5) is 14.7. The third kappa shape index (κ3) is 5.10. The number of aromatic nitrogens is 5. The predicted octanol–water partition coefficient (Wildman–Crippen LogP) is 12.3. The molecule has 0 bridgehead atoms. The van der Waals surface area contributed by atoms with E-state index in [2.05, 4.69) is 106 Å². The van der Waals surface area contributed by atoms with Crippen LogP contribution in [0.1, 0.15) is 17.0 Å². The summed E-state index contributed by atoms with van der Waals surface area (Å²) in [5.41, 5.74) is 12.7. The maximum Gasteiger partial charge on any atom is 0.164 e. The second-order valence-electron chi connectivity index (χ2n) is 15.0. The second kappa shape index (κ2) is 13.0. The molecule has 276 valence electrons. The van der Waals surface area contributed by atoms with Crippen LogP contribution in [0.25, 0.3) is 100 Å². The number of benzene rings is 7. The lowest BCUT2D eigenvalue weighted by molar-refractivity contribution is 0.544. The molecule has 0 saturated carbocycles. The number of hydrogen-bond acceptors (Lipinski definition) is 5. The molecular formula is C52H32N6O. The highest BCUT2D eigenvalue weighted by molar-refractivity contribution is 6.17. The minimum atomic E-state index is 0.499. The minimum absolute atomic E-state index is 0.499. The van der Waals surface area contributed by atoms with Gasteiger partial charge in [0.25, 0.3) is 0 Å². The average Bonchev–Trinajstić information content (AvgIpc) is 3.95. The standard InChI is InChI=1S/C52H32N6O/c53-31-35-28-34(52-55-50(32-14-4-1-5-15-32)54-51(56-52)33-16-6-2-7-17-33)24-25-41(35)58-42-22-12-10-20-37(42)39-29-40-47(30-45(39)58)59-46-27-26-44-48(49(40)46)38-21-11-13-23-43(38)57(44)36-18-8-3-9-19-36/h1-25,28-30H,26-27H2. The Balaban J connectivity index is 1.05. The normalized spacial score (nSPS) is 12.3. The predicted molar refractivity (Wildman–Crippen MR) is 235 cm³/mol. The molecule has 1 aliphatic rings. The summed E-state index contributed by atoms with van der Waals surface area (Å²) in [5.74, 6) is 2.65. The van der Waals surface area contributed by atoms with Crippen molar-refractivity contribution in [3.8, 4) is 62.7 Å². The molecule has 0 fully saturated rings. The molecule has 7 aromatic carbocycles. The Hall–Kier alpha value is -8.08. The third-order valence-corrected chi connectivity index (χ3v) is 11.7. The van der Waals surface area contributed by atoms with E-state index in [1.54, 1.807) is 0 Å². The Morgan fingerprint density at radius 2 is 1.07 bits per heavy atom. The largest absolute Gasteiger partial charge is 0.460 e. The van der Waals surface area contributed by atoms with E-state index in [0.717, 1.165) is 79.4 Å². The van der Waals surface area contributed by atoms with Crippen molar-refractivity contribution in [2.45, 2.75) is 12.8 Å². The van der Waals surface area contributed by atoms with Gasteiger partial charge in [0.1, 0.15) is 17.4 Å². The fourth-order valence-corrected chi connectivity index (χ4v) is 9.13. The smallest absolute Gasteiger partial charge is 0.164 e. The number of nitrogens with zero attached hydrogens (tertiary/aromatic N) is 6. The first-order chi connectivity index (χ1) is 29.2. The van der Waals surface area contributed by atoms with Gasteiger partial charge in [-0.05, 0) is 55.0 Å². The van der Waals surface area contributed by atoms with Crippen LogP contribution in [0.15, 0.2) is 174 Å².